The molecule has 0 spiro atoms. The topological polar surface area (TPSA) is 68.1 Å². The summed E-state index contributed by atoms with van der Waals surface area (Å²) in [5.41, 5.74) is 0.609. The fourth-order valence-corrected chi connectivity index (χ4v) is 4.30. The Morgan fingerprint density at radius 2 is 1.95 bits per heavy atom. The van der Waals surface area contributed by atoms with Gasteiger partial charge < -0.3 is 0 Å². The summed E-state index contributed by atoms with van der Waals surface area (Å²) in [6, 6.07) is 8.93. The van der Waals surface area contributed by atoms with Gasteiger partial charge in [0.2, 0.25) is 5.03 Å². The molecule has 2 rings (SSSR count). The molecule has 6 nitrogen and oxygen atoms in total. The highest BCUT2D eigenvalue weighted by molar-refractivity contribution is 9.10. The number of hydrogen-bond acceptors (Lipinski definition) is 4. The lowest BCUT2D eigenvalue weighted by atomic mass is 10.3. The van der Waals surface area contributed by atoms with Crippen molar-refractivity contribution < 1.29 is 8.42 Å². The highest BCUT2D eigenvalue weighted by Gasteiger charge is 2.30. The standard InChI is InChI=1S/C11H13BrN4O2S/c1-3-16(9-7-5-4-6-8-9)19(17,18)11-10(12)13-14-15(11)2/h4-8H,3H2,1-2H3. The molecule has 0 saturated carbocycles. The molecular formula is C11H13BrN4O2S. The van der Waals surface area contributed by atoms with Gasteiger partial charge >= 0.3 is 0 Å². The molecule has 1 aromatic carbocycles. The molecule has 0 atom stereocenters. The van der Waals surface area contributed by atoms with Gasteiger partial charge in [-0.1, -0.05) is 23.4 Å². The Labute approximate surface area is 120 Å². The van der Waals surface area contributed by atoms with Crippen LogP contribution >= 0.6 is 15.9 Å². The molecule has 0 aliphatic carbocycles. The maximum Gasteiger partial charge on any atom is 0.284 e. The van der Waals surface area contributed by atoms with Crippen molar-refractivity contribution in [3.05, 3.63) is 34.9 Å². The van der Waals surface area contributed by atoms with Crippen LogP contribution in [0.5, 0.6) is 0 Å². The van der Waals surface area contributed by atoms with E-state index in [1.807, 2.05) is 6.07 Å². The molecule has 0 aliphatic rings. The van der Waals surface area contributed by atoms with E-state index >= 15 is 0 Å². The lowest BCUT2D eigenvalue weighted by molar-refractivity contribution is 0.570. The molecule has 0 radical (unpaired) electrons. The van der Waals surface area contributed by atoms with Crippen LogP contribution in [0.25, 0.3) is 0 Å². The van der Waals surface area contributed by atoms with E-state index in [0.717, 1.165) is 0 Å². The summed E-state index contributed by atoms with van der Waals surface area (Å²) in [5.74, 6) is 0. The third kappa shape index (κ3) is 2.50. The van der Waals surface area contributed by atoms with Crippen LogP contribution in [0.3, 0.4) is 0 Å². The third-order valence-corrected chi connectivity index (χ3v) is 5.40. The Morgan fingerprint density at radius 1 is 1.32 bits per heavy atom. The van der Waals surface area contributed by atoms with Gasteiger partial charge in [0, 0.05) is 13.6 Å². The minimum atomic E-state index is -3.70. The molecule has 1 aromatic heterocycles. The number of aromatic nitrogens is 3. The normalized spacial score (nSPS) is 11.5. The van der Waals surface area contributed by atoms with E-state index in [9.17, 15) is 8.42 Å². The van der Waals surface area contributed by atoms with Crippen molar-refractivity contribution in [1.29, 1.82) is 0 Å². The summed E-state index contributed by atoms with van der Waals surface area (Å²) in [4.78, 5) is 0. The number of anilines is 1. The number of para-hydroxylation sites is 1. The Kier molecular flexibility index (Phi) is 3.91. The van der Waals surface area contributed by atoms with Crippen molar-refractivity contribution in [2.24, 2.45) is 7.05 Å². The van der Waals surface area contributed by atoms with Crippen molar-refractivity contribution in [3.63, 3.8) is 0 Å². The van der Waals surface area contributed by atoms with Crippen LogP contribution in [0.15, 0.2) is 40.0 Å². The van der Waals surface area contributed by atoms with Crippen molar-refractivity contribution >= 4 is 31.6 Å². The second kappa shape index (κ2) is 5.30. The summed E-state index contributed by atoms with van der Waals surface area (Å²) in [6.45, 7) is 2.10. The number of benzene rings is 1. The van der Waals surface area contributed by atoms with E-state index in [1.165, 1.54) is 8.99 Å². The van der Waals surface area contributed by atoms with Gasteiger partial charge in [0.1, 0.15) is 0 Å². The van der Waals surface area contributed by atoms with Crippen LogP contribution in [0.2, 0.25) is 0 Å². The van der Waals surface area contributed by atoms with Gasteiger partial charge in [-0.15, -0.1) is 5.10 Å². The molecule has 8 heteroatoms. The second-order valence-corrected chi connectivity index (χ2v) is 6.34. The van der Waals surface area contributed by atoms with E-state index < -0.39 is 10.0 Å². The average Bonchev–Trinajstić information content (AvgIpc) is 2.71. The lowest BCUT2D eigenvalue weighted by Crippen LogP contribution is -2.32. The summed E-state index contributed by atoms with van der Waals surface area (Å²) in [5, 5.41) is 7.46. The largest absolute Gasteiger partial charge is 0.284 e. The zero-order chi connectivity index (χ0) is 14.0. The van der Waals surface area contributed by atoms with Gasteiger partial charge in [0.25, 0.3) is 10.0 Å². The van der Waals surface area contributed by atoms with Gasteiger partial charge in [0.05, 0.1) is 5.69 Å². The molecule has 0 bridgehead atoms. The van der Waals surface area contributed by atoms with Gasteiger partial charge in [-0.05, 0) is 35.0 Å². The van der Waals surface area contributed by atoms with Crippen LogP contribution in [0.1, 0.15) is 6.92 Å². The number of rotatable bonds is 4. The van der Waals surface area contributed by atoms with Gasteiger partial charge in [-0.25, -0.2) is 4.68 Å². The van der Waals surface area contributed by atoms with E-state index in [2.05, 4.69) is 26.2 Å². The van der Waals surface area contributed by atoms with Gasteiger partial charge in [-0.3, -0.25) is 4.31 Å². The number of halogens is 1. The summed E-state index contributed by atoms with van der Waals surface area (Å²) >= 11 is 3.12. The first-order chi connectivity index (χ1) is 8.98. The van der Waals surface area contributed by atoms with Crippen LogP contribution in [0.4, 0.5) is 5.69 Å². The van der Waals surface area contributed by atoms with E-state index in [4.69, 9.17) is 0 Å². The fraction of sp³-hybridized carbons (Fsp3) is 0.273. The Bertz CT molecular complexity index is 650. The maximum absolute atomic E-state index is 12.7. The zero-order valence-electron chi connectivity index (χ0n) is 10.5. The SMILES string of the molecule is CCN(c1ccccc1)S(=O)(=O)c1c(Br)nnn1C. The monoisotopic (exact) mass is 344 g/mol. The van der Waals surface area contributed by atoms with E-state index in [0.29, 0.717) is 12.2 Å². The molecule has 0 fully saturated rings. The first kappa shape index (κ1) is 14.0. The van der Waals surface area contributed by atoms with Crippen LogP contribution in [-0.2, 0) is 17.1 Å². The molecule has 19 heavy (non-hydrogen) atoms. The van der Waals surface area contributed by atoms with Crippen molar-refractivity contribution in [2.45, 2.75) is 11.9 Å². The molecular weight excluding hydrogens is 332 g/mol. The number of aryl methyl sites for hydroxylation is 1. The quantitative estimate of drug-likeness (QED) is 0.847. The van der Waals surface area contributed by atoms with Gasteiger partial charge in [-0.2, -0.15) is 8.42 Å². The molecule has 0 aliphatic heterocycles. The van der Waals surface area contributed by atoms with Crippen molar-refractivity contribution in [3.8, 4) is 0 Å². The average molecular weight is 345 g/mol. The first-order valence-electron chi connectivity index (χ1n) is 5.61. The molecule has 0 unspecified atom stereocenters. The fourth-order valence-electron chi connectivity index (χ4n) is 1.79. The summed E-state index contributed by atoms with van der Waals surface area (Å²) in [6.07, 6.45) is 0. The predicted octanol–water partition coefficient (Wildman–Crippen LogP) is 1.79. The third-order valence-electron chi connectivity index (χ3n) is 2.60. The molecule has 0 saturated heterocycles. The van der Waals surface area contributed by atoms with Crippen LogP contribution < -0.4 is 4.31 Å². The molecule has 1 heterocycles. The highest BCUT2D eigenvalue weighted by Crippen LogP contribution is 2.26. The zero-order valence-corrected chi connectivity index (χ0v) is 12.9. The Morgan fingerprint density at radius 3 is 2.42 bits per heavy atom. The maximum atomic E-state index is 12.7. The number of sulfonamides is 1. The second-order valence-electron chi connectivity index (χ2n) is 3.81. The van der Waals surface area contributed by atoms with Crippen LogP contribution in [-0.4, -0.2) is 30.0 Å². The van der Waals surface area contributed by atoms with Crippen molar-refractivity contribution in [2.75, 3.05) is 10.8 Å². The Hall–Kier alpha value is -1.41. The Balaban J connectivity index is 2.55. The number of nitrogens with zero attached hydrogens (tertiary/aromatic N) is 4. The first-order valence-corrected chi connectivity index (χ1v) is 7.84. The smallest absolute Gasteiger partial charge is 0.265 e. The minimum absolute atomic E-state index is 0.0400. The highest BCUT2D eigenvalue weighted by atomic mass is 79.9. The number of hydrogen-bond donors (Lipinski definition) is 0. The molecule has 102 valence electrons. The summed E-state index contributed by atoms with van der Waals surface area (Å²) in [7, 11) is -2.15. The molecule has 2 aromatic rings. The predicted molar refractivity (Wildman–Crippen MR) is 75.4 cm³/mol. The molecule has 0 amide bonds. The lowest BCUT2D eigenvalue weighted by Gasteiger charge is -2.22. The summed E-state index contributed by atoms with van der Waals surface area (Å²) < 4.78 is 28.1. The molecule has 0 N–H and O–H groups in total. The van der Waals surface area contributed by atoms with Crippen molar-refractivity contribution in [1.82, 2.24) is 15.0 Å². The van der Waals surface area contributed by atoms with E-state index in [-0.39, 0.29) is 9.63 Å². The van der Waals surface area contributed by atoms with Gasteiger partial charge in [0.15, 0.2) is 4.60 Å². The minimum Gasteiger partial charge on any atom is -0.265 e. The van der Waals surface area contributed by atoms with E-state index in [1.54, 1.807) is 38.2 Å². The van der Waals surface area contributed by atoms with Crippen LogP contribution in [0, 0.1) is 0 Å².